The van der Waals surface area contributed by atoms with E-state index >= 15 is 0 Å². The second-order valence-electron chi connectivity index (χ2n) is 12.4. The SMILES string of the molecule is CCOc1cc(C(=O)N2CCC(N3CCN(C)CC3)CC2)ccc1Nc1cc2c(cn1)N(C)C(C(F)(F)F)c1ccccc1N2C. The molecule has 3 aliphatic heterocycles. The predicted molar refractivity (Wildman–Crippen MR) is 175 cm³/mol. The van der Waals surface area contributed by atoms with Crippen LogP contribution in [0.5, 0.6) is 5.75 Å². The van der Waals surface area contributed by atoms with Gasteiger partial charge < -0.3 is 29.7 Å². The molecule has 3 aliphatic rings. The summed E-state index contributed by atoms with van der Waals surface area (Å²) in [5, 5.41) is 3.28. The van der Waals surface area contributed by atoms with E-state index in [1.807, 2.05) is 11.8 Å². The number of piperazine rings is 1. The van der Waals surface area contributed by atoms with Gasteiger partial charge in [0.25, 0.3) is 5.91 Å². The predicted octanol–water partition coefficient (Wildman–Crippen LogP) is 5.90. The number of carbonyl (C=O) groups is 1. The number of likely N-dealkylation sites (N-methyl/N-ethyl adjacent to an activating group) is 1. The van der Waals surface area contributed by atoms with E-state index in [-0.39, 0.29) is 11.5 Å². The number of piperidine rings is 1. The van der Waals surface area contributed by atoms with Crippen LogP contribution in [-0.4, -0.2) is 105 Å². The monoisotopic (exact) mass is 637 g/mol. The lowest BCUT2D eigenvalue weighted by molar-refractivity contribution is -0.149. The first-order chi connectivity index (χ1) is 22.0. The zero-order valence-electron chi connectivity index (χ0n) is 26.8. The van der Waals surface area contributed by atoms with Gasteiger partial charge in [0.15, 0.2) is 6.04 Å². The van der Waals surface area contributed by atoms with Crippen molar-refractivity contribution < 1.29 is 22.7 Å². The van der Waals surface area contributed by atoms with Crippen LogP contribution in [0.1, 0.15) is 41.7 Å². The Morgan fingerprint density at radius 1 is 0.935 bits per heavy atom. The molecule has 2 fully saturated rings. The molecule has 0 aliphatic carbocycles. The molecule has 2 aromatic carbocycles. The minimum Gasteiger partial charge on any atom is -0.492 e. The van der Waals surface area contributed by atoms with Crippen LogP contribution < -0.4 is 19.9 Å². The molecule has 1 N–H and O–H groups in total. The fourth-order valence-electron chi connectivity index (χ4n) is 6.92. The number of nitrogens with zero attached hydrogens (tertiary/aromatic N) is 6. The van der Waals surface area contributed by atoms with Crippen LogP contribution in [0.25, 0.3) is 0 Å². The Kier molecular flexibility index (Phi) is 9.02. The van der Waals surface area contributed by atoms with Gasteiger partial charge in [-0.05, 0) is 51.1 Å². The second kappa shape index (κ2) is 13.0. The lowest BCUT2D eigenvalue weighted by Gasteiger charge is -2.42. The number of nitrogens with one attached hydrogen (secondary N) is 1. The molecule has 9 nitrogen and oxygen atoms in total. The average Bonchev–Trinajstić information content (AvgIpc) is 3.14. The number of ether oxygens (including phenoxy) is 1. The van der Waals surface area contributed by atoms with Gasteiger partial charge in [-0.25, -0.2) is 4.98 Å². The summed E-state index contributed by atoms with van der Waals surface area (Å²) in [4.78, 5) is 27.9. The highest BCUT2D eigenvalue weighted by Crippen LogP contribution is 2.49. The molecule has 46 heavy (non-hydrogen) atoms. The molecule has 3 aromatic rings. The molecule has 1 unspecified atom stereocenters. The molecule has 1 atom stereocenters. The number of carbonyl (C=O) groups excluding carboxylic acids is 1. The van der Waals surface area contributed by atoms with Crippen molar-refractivity contribution in [2.45, 2.75) is 38.0 Å². The first-order valence-corrected chi connectivity index (χ1v) is 15.9. The van der Waals surface area contributed by atoms with Crippen molar-refractivity contribution in [2.24, 2.45) is 0 Å². The number of aromatic nitrogens is 1. The maximum Gasteiger partial charge on any atom is 0.413 e. The van der Waals surface area contributed by atoms with Crippen molar-refractivity contribution in [2.75, 3.05) is 82.1 Å². The highest BCUT2D eigenvalue weighted by molar-refractivity contribution is 5.95. The number of alkyl halides is 3. The first kappa shape index (κ1) is 31.9. The Balaban J connectivity index is 1.21. The summed E-state index contributed by atoms with van der Waals surface area (Å²) in [6.45, 7) is 8.04. The minimum absolute atomic E-state index is 0.0185. The molecule has 0 saturated carbocycles. The number of rotatable bonds is 6. The molecule has 0 radical (unpaired) electrons. The van der Waals surface area contributed by atoms with Crippen molar-refractivity contribution in [3.05, 3.63) is 65.9 Å². The second-order valence-corrected chi connectivity index (χ2v) is 12.4. The van der Waals surface area contributed by atoms with Gasteiger partial charge in [-0.15, -0.1) is 0 Å². The van der Waals surface area contributed by atoms with E-state index in [1.165, 1.54) is 24.2 Å². The zero-order valence-corrected chi connectivity index (χ0v) is 26.8. The van der Waals surface area contributed by atoms with Crippen molar-refractivity contribution in [3.8, 4) is 5.75 Å². The summed E-state index contributed by atoms with van der Waals surface area (Å²) in [5.41, 5.74) is 2.74. The third-order valence-corrected chi connectivity index (χ3v) is 9.49. The van der Waals surface area contributed by atoms with E-state index in [9.17, 15) is 18.0 Å². The molecule has 1 aromatic heterocycles. The topological polar surface area (TPSA) is 67.4 Å². The van der Waals surface area contributed by atoms with Crippen LogP contribution in [0.15, 0.2) is 54.7 Å². The summed E-state index contributed by atoms with van der Waals surface area (Å²) in [5.74, 6) is 0.924. The average molecular weight is 638 g/mol. The molecular formula is C34H42F3N7O2. The van der Waals surface area contributed by atoms with Gasteiger partial charge in [-0.1, -0.05) is 18.2 Å². The Morgan fingerprint density at radius 3 is 2.35 bits per heavy atom. The van der Waals surface area contributed by atoms with Gasteiger partial charge in [0.2, 0.25) is 0 Å². The van der Waals surface area contributed by atoms with Gasteiger partial charge in [-0.2, -0.15) is 13.2 Å². The van der Waals surface area contributed by atoms with E-state index in [4.69, 9.17) is 4.74 Å². The van der Waals surface area contributed by atoms with E-state index in [0.29, 0.717) is 52.5 Å². The number of pyridine rings is 1. The van der Waals surface area contributed by atoms with Gasteiger partial charge in [0, 0.05) is 82.3 Å². The summed E-state index contributed by atoms with van der Waals surface area (Å²) in [6.07, 6.45) is -1.09. The highest BCUT2D eigenvalue weighted by Gasteiger charge is 2.47. The van der Waals surface area contributed by atoms with Crippen LogP contribution in [0.2, 0.25) is 0 Å². The highest BCUT2D eigenvalue weighted by atomic mass is 19.4. The number of benzene rings is 2. The number of anilines is 5. The van der Waals surface area contributed by atoms with Crippen LogP contribution in [-0.2, 0) is 0 Å². The standard InChI is InChI=1S/C34H42F3N7O2/c1-5-46-30-20-23(33(45)44-14-12-24(13-15-44)43-18-16-40(2)17-19-43)10-11-26(30)39-31-21-28-29(22-38-31)42(4)32(34(35,36)37)25-8-6-7-9-27(25)41(28)3/h6-11,20-22,24,32H,5,12-19H2,1-4H3,(H,38,39). The lowest BCUT2D eigenvalue weighted by atomic mass is 10.0. The van der Waals surface area contributed by atoms with Gasteiger partial charge in [0.05, 0.1) is 29.9 Å². The fourth-order valence-corrected chi connectivity index (χ4v) is 6.92. The van der Waals surface area contributed by atoms with E-state index in [1.54, 1.807) is 54.4 Å². The first-order valence-electron chi connectivity index (χ1n) is 15.9. The number of para-hydroxylation sites is 1. The molecule has 12 heteroatoms. The van der Waals surface area contributed by atoms with Crippen LogP contribution in [0, 0.1) is 0 Å². The molecule has 0 bridgehead atoms. The maximum absolute atomic E-state index is 14.3. The summed E-state index contributed by atoms with van der Waals surface area (Å²) in [7, 11) is 5.36. The molecule has 6 rings (SSSR count). The van der Waals surface area contributed by atoms with Crippen molar-refractivity contribution in [1.29, 1.82) is 0 Å². The van der Waals surface area contributed by atoms with Crippen molar-refractivity contribution in [1.82, 2.24) is 19.7 Å². The largest absolute Gasteiger partial charge is 0.492 e. The zero-order chi connectivity index (χ0) is 32.6. The Hall–Kier alpha value is -4.03. The number of halogens is 3. The summed E-state index contributed by atoms with van der Waals surface area (Å²) >= 11 is 0. The summed E-state index contributed by atoms with van der Waals surface area (Å²) in [6, 6.07) is 12.4. The maximum atomic E-state index is 14.3. The van der Waals surface area contributed by atoms with E-state index in [0.717, 1.165) is 52.1 Å². The normalized spacial score (nSPS) is 19.8. The molecule has 0 spiro atoms. The third kappa shape index (κ3) is 6.32. The molecule has 246 valence electrons. The number of amides is 1. The fraction of sp³-hybridized carbons (Fsp3) is 0.471. The van der Waals surface area contributed by atoms with Crippen LogP contribution in [0.3, 0.4) is 0 Å². The molecule has 1 amide bonds. The number of fused-ring (bicyclic) bond motifs is 2. The van der Waals surface area contributed by atoms with Crippen molar-refractivity contribution >= 4 is 34.5 Å². The Labute approximate surface area is 268 Å². The minimum atomic E-state index is -4.49. The smallest absolute Gasteiger partial charge is 0.413 e. The van der Waals surface area contributed by atoms with Crippen molar-refractivity contribution in [3.63, 3.8) is 0 Å². The number of hydrogen-bond donors (Lipinski definition) is 1. The van der Waals surface area contributed by atoms with Crippen LogP contribution >= 0.6 is 0 Å². The molecule has 2 saturated heterocycles. The molecule has 4 heterocycles. The third-order valence-electron chi connectivity index (χ3n) is 9.49. The van der Waals surface area contributed by atoms with E-state index in [2.05, 4.69) is 27.1 Å². The molecular weight excluding hydrogens is 595 g/mol. The number of hydrogen-bond acceptors (Lipinski definition) is 8. The summed E-state index contributed by atoms with van der Waals surface area (Å²) < 4.78 is 48.9. The van der Waals surface area contributed by atoms with Crippen LogP contribution in [0.4, 0.5) is 41.7 Å². The number of likely N-dealkylation sites (tertiary alicyclic amines) is 1. The van der Waals surface area contributed by atoms with Gasteiger partial charge >= 0.3 is 6.18 Å². The lowest BCUT2D eigenvalue weighted by Crippen LogP contribution is -2.52. The Bertz CT molecular complexity index is 1550. The van der Waals surface area contributed by atoms with Gasteiger partial charge in [0.1, 0.15) is 11.6 Å². The quantitative estimate of drug-likeness (QED) is 0.359. The Morgan fingerprint density at radius 2 is 1.65 bits per heavy atom. The van der Waals surface area contributed by atoms with Gasteiger partial charge in [-0.3, -0.25) is 9.69 Å². The van der Waals surface area contributed by atoms with E-state index < -0.39 is 12.2 Å².